The van der Waals surface area contributed by atoms with Crippen molar-refractivity contribution in [2.45, 2.75) is 18.8 Å². The van der Waals surface area contributed by atoms with E-state index < -0.39 is 11.4 Å². The summed E-state index contributed by atoms with van der Waals surface area (Å²) in [5, 5.41) is 10.4. The molecule has 0 radical (unpaired) electrons. The van der Waals surface area contributed by atoms with Crippen molar-refractivity contribution in [2.75, 3.05) is 0 Å². The van der Waals surface area contributed by atoms with Crippen molar-refractivity contribution in [3.8, 4) is 0 Å². The molecule has 0 aliphatic carbocycles. The number of benzene rings is 1. The Hall–Kier alpha value is -1.45. The summed E-state index contributed by atoms with van der Waals surface area (Å²) in [6, 6.07) is 8.28. The summed E-state index contributed by atoms with van der Waals surface area (Å²) in [5.74, 6) is -0.371. The van der Waals surface area contributed by atoms with Gasteiger partial charge in [-0.3, -0.25) is 4.79 Å². The van der Waals surface area contributed by atoms with Gasteiger partial charge in [-0.2, -0.15) is 0 Å². The first-order valence-electron chi connectivity index (χ1n) is 5.65. The third-order valence-electron chi connectivity index (χ3n) is 3.11. The lowest BCUT2D eigenvalue weighted by Crippen LogP contribution is -2.35. The van der Waals surface area contributed by atoms with Crippen LogP contribution in [0.1, 0.15) is 18.2 Å². The van der Waals surface area contributed by atoms with E-state index in [0.717, 1.165) is 0 Å². The van der Waals surface area contributed by atoms with Gasteiger partial charge in [-0.1, -0.05) is 29.3 Å². The minimum Gasteiger partial charge on any atom is -0.481 e. The molecule has 19 heavy (non-hydrogen) atoms. The van der Waals surface area contributed by atoms with Crippen molar-refractivity contribution in [3.05, 3.63) is 58.0 Å². The van der Waals surface area contributed by atoms with Crippen LogP contribution in [0.25, 0.3) is 0 Å². The van der Waals surface area contributed by atoms with Crippen LogP contribution in [0.15, 0.2) is 41.0 Å². The van der Waals surface area contributed by atoms with Gasteiger partial charge in [0.25, 0.3) is 0 Å². The highest BCUT2D eigenvalue weighted by molar-refractivity contribution is 6.35. The van der Waals surface area contributed by atoms with Gasteiger partial charge in [0.15, 0.2) is 0 Å². The SMILES string of the molecule is CC(Cc1ccco1)(C(=O)O)c1ccc(Cl)cc1Cl. The molecular formula is C14H12Cl2O3. The number of hydrogen-bond acceptors (Lipinski definition) is 2. The molecule has 1 atom stereocenters. The van der Waals surface area contributed by atoms with E-state index in [1.165, 1.54) is 6.26 Å². The molecule has 0 fully saturated rings. The average molecular weight is 299 g/mol. The van der Waals surface area contributed by atoms with Gasteiger partial charge in [0.2, 0.25) is 0 Å². The lowest BCUT2D eigenvalue weighted by atomic mass is 9.79. The summed E-state index contributed by atoms with van der Waals surface area (Å²) >= 11 is 12.0. The van der Waals surface area contributed by atoms with Crippen molar-refractivity contribution in [1.82, 2.24) is 0 Å². The summed E-state index contributed by atoms with van der Waals surface area (Å²) in [6.45, 7) is 1.62. The van der Waals surface area contributed by atoms with Gasteiger partial charge in [-0.05, 0) is 36.8 Å². The van der Waals surface area contributed by atoms with Crippen molar-refractivity contribution >= 4 is 29.2 Å². The number of hydrogen-bond donors (Lipinski definition) is 1. The first kappa shape index (κ1) is 14.0. The van der Waals surface area contributed by atoms with E-state index in [4.69, 9.17) is 27.6 Å². The van der Waals surface area contributed by atoms with Crippen LogP contribution in [0, 0.1) is 0 Å². The Kier molecular flexibility index (Phi) is 3.88. The summed E-state index contributed by atoms with van der Waals surface area (Å²) < 4.78 is 5.23. The first-order valence-corrected chi connectivity index (χ1v) is 6.40. The number of aliphatic carboxylic acids is 1. The molecule has 0 aliphatic rings. The second-order valence-corrected chi connectivity index (χ2v) is 5.36. The lowest BCUT2D eigenvalue weighted by molar-refractivity contribution is -0.143. The standard InChI is InChI=1S/C14H12Cl2O3/c1-14(13(17)18,8-10-3-2-6-19-10)11-5-4-9(15)7-12(11)16/h2-7H,8H2,1H3,(H,17,18). The molecule has 100 valence electrons. The largest absolute Gasteiger partial charge is 0.481 e. The van der Waals surface area contributed by atoms with E-state index in [1.807, 2.05) is 0 Å². The van der Waals surface area contributed by atoms with Crippen LogP contribution < -0.4 is 0 Å². The summed E-state index contributed by atoms with van der Waals surface area (Å²) in [7, 11) is 0. The third-order valence-corrected chi connectivity index (χ3v) is 3.65. The molecule has 0 amide bonds. The van der Waals surface area contributed by atoms with Crippen LogP contribution in [0.3, 0.4) is 0 Å². The highest BCUT2D eigenvalue weighted by Crippen LogP contribution is 2.35. The number of carbonyl (C=O) groups is 1. The maximum absolute atomic E-state index is 11.7. The van der Waals surface area contributed by atoms with E-state index in [0.29, 0.717) is 21.4 Å². The molecule has 0 bridgehead atoms. The van der Waals surface area contributed by atoms with E-state index in [-0.39, 0.29) is 6.42 Å². The number of rotatable bonds is 4. The van der Waals surface area contributed by atoms with Crippen LogP contribution in [-0.4, -0.2) is 11.1 Å². The quantitative estimate of drug-likeness (QED) is 0.921. The molecule has 0 saturated heterocycles. The molecule has 1 aromatic carbocycles. The van der Waals surface area contributed by atoms with Crippen LogP contribution in [-0.2, 0) is 16.6 Å². The molecule has 3 nitrogen and oxygen atoms in total. The van der Waals surface area contributed by atoms with E-state index in [9.17, 15) is 9.90 Å². The number of furan rings is 1. The number of carboxylic acids is 1. The number of carboxylic acid groups (broad SMARTS) is 1. The predicted octanol–water partition coefficient (Wildman–Crippen LogP) is 4.17. The Morgan fingerprint density at radius 2 is 2.11 bits per heavy atom. The molecule has 1 N–H and O–H groups in total. The molecular weight excluding hydrogens is 287 g/mol. The highest BCUT2D eigenvalue weighted by Gasteiger charge is 2.38. The normalized spacial score (nSPS) is 14.1. The molecule has 1 unspecified atom stereocenters. The summed E-state index contributed by atoms with van der Waals surface area (Å²) in [6.07, 6.45) is 1.73. The van der Waals surface area contributed by atoms with Crippen molar-refractivity contribution in [2.24, 2.45) is 0 Å². The van der Waals surface area contributed by atoms with Crippen LogP contribution >= 0.6 is 23.2 Å². The molecule has 2 aromatic rings. The van der Waals surface area contributed by atoms with Gasteiger partial charge in [0.1, 0.15) is 5.76 Å². The molecule has 5 heteroatoms. The van der Waals surface area contributed by atoms with Crippen molar-refractivity contribution in [1.29, 1.82) is 0 Å². The lowest BCUT2D eigenvalue weighted by Gasteiger charge is -2.25. The third kappa shape index (κ3) is 2.77. The fraction of sp³-hybridized carbons (Fsp3) is 0.214. The Morgan fingerprint density at radius 1 is 1.37 bits per heavy atom. The molecule has 0 spiro atoms. The molecule has 0 aliphatic heterocycles. The second kappa shape index (κ2) is 5.27. The van der Waals surface area contributed by atoms with Gasteiger partial charge in [0.05, 0.1) is 11.7 Å². The summed E-state index contributed by atoms with van der Waals surface area (Å²) in [5.41, 5.74) is -0.651. The van der Waals surface area contributed by atoms with Gasteiger partial charge >= 0.3 is 5.97 Å². The van der Waals surface area contributed by atoms with Gasteiger partial charge in [-0.25, -0.2) is 0 Å². The van der Waals surface area contributed by atoms with Crippen molar-refractivity contribution in [3.63, 3.8) is 0 Å². The predicted molar refractivity (Wildman–Crippen MR) is 73.9 cm³/mol. The molecule has 1 aromatic heterocycles. The molecule has 2 rings (SSSR count). The fourth-order valence-corrected chi connectivity index (χ4v) is 2.60. The topological polar surface area (TPSA) is 50.4 Å². The molecule has 0 saturated carbocycles. The van der Waals surface area contributed by atoms with Gasteiger partial charge in [-0.15, -0.1) is 0 Å². The maximum Gasteiger partial charge on any atom is 0.314 e. The highest BCUT2D eigenvalue weighted by atomic mass is 35.5. The van der Waals surface area contributed by atoms with E-state index in [1.54, 1.807) is 37.3 Å². The number of halogens is 2. The zero-order valence-electron chi connectivity index (χ0n) is 10.2. The van der Waals surface area contributed by atoms with Crippen molar-refractivity contribution < 1.29 is 14.3 Å². The monoisotopic (exact) mass is 298 g/mol. The van der Waals surface area contributed by atoms with Gasteiger partial charge in [0, 0.05) is 16.5 Å². The Bertz CT molecular complexity index is 593. The Balaban J connectivity index is 2.47. The minimum atomic E-state index is -1.17. The smallest absolute Gasteiger partial charge is 0.314 e. The van der Waals surface area contributed by atoms with E-state index in [2.05, 4.69) is 0 Å². The fourth-order valence-electron chi connectivity index (χ4n) is 1.98. The Labute approximate surface area is 120 Å². The van der Waals surface area contributed by atoms with Gasteiger partial charge < -0.3 is 9.52 Å². The second-order valence-electron chi connectivity index (χ2n) is 4.52. The van der Waals surface area contributed by atoms with Crippen LogP contribution in [0.4, 0.5) is 0 Å². The summed E-state index contributed by atoms with van der Waals surface area (Å²) in [4.78, 5) is 11.7. The molecule has 1 heterocycles. The zero-order valence-corrected chi connectivity index (χ0v) is 11.7. The van der Waals surface area contributed by atoms with Crippen LogP contribution in [0.5, 0.6) is 0 Å². The Morgan fingerprint density at radius 3 is 2.63 bits per heavy atom. The average Bonchev–Trinajstić information content (AvgIpc) is 2.81. The zero-order chi connectivity index (χ0) is 14.0. The first-order chi connectivity index (χ1) is 8.93. The maximum atomic E-state index is 11.7. The van der Waals surface area contributed by atoms with E-state index >= 15 is 0 Å². The van der Waals surface area contributed by atoms with Crippen LogP contribution in [0.2, 0.25) is 10.0 Å². The minimum absolute atomic E-state index is 0.219.